The number of aromatic nitrogens is 6. The van der Waals surface area contributed by atoms with Crippen LogP contribution in [-0.4, -0.2) is 28.9 Å². The molecule has 0 aliphatic heterocycles. The summed E-state index contributed by atoms with van der Waals surface area (Å²) < 4.78 is 7.31. The summed E-state index contributed by atoms with van der Waals surface area (Å²) in [5.41, 5.74) is 2.63. The fourth-order valence-electron chi connectivity index (χ4n) is 1.96. The fourth-order valence-corrected chi connectivity index (χ4v) is 2.67. The van der Waals surface area contributed by atoms with Crippen molar-refractivity contribution in [3.8, 4) is 0 Å². The highest BCUT2D eigenvalue weighted by Gasteiger charge is 2.13. The molecule has 0 unspecified atom stereocenters. The molecule has 0 radical (unpaired) electrons. The van der Waals surface area contributed by atoms with Crippen molar-refractivity contribution < 1.29 is 0 Å². The van der Waals surface area contributed by atoms with Crippen LogP contribution >= 0.6 is 11.5 Å². The van der Waals surface area contributed by atoms with E-state index in [1.165, 1.54) is 22.5 Å². The normalized spacial score (nSPS) is 11.3. The van der Waals surface area contributed by atoms with Crippen LogP contribution in [0.1, 0.15) is 16.1 Å². The van der Waals surface area contributed by atoms with E-state index in [0.717, 1.165) is 16.1 Å². The number of hydrogen-bond acceptors (Lipinski definition) is 6. The van der Waals surface area contributed by atoms with Gasteiger partial charge in [0, 0.05) is 17.5 Å². The van der Waals surface area contributed by atoms with Crippen molar-refractivity contribution >= 4 is 22.7 Å². The lowest BCUT2D eigenvalue weighted by atomic mass is 10.2. The van der Waals surface area contributed by atoms with Crippen molar-refractivity contribution in [2.24, 2.45) is 7.05 Å². The first-order valence-corrected chi connectivity index (χ1v) is 6.52. The van der Waals surface area contributed by atoms with E-state index in [1.54, 1.807) is 11.6 Å². The Balaban J connectivity index is 2.12. The molecule has 0 atom stereocenters. The second-order valence-electron chi connectivity index (χ2n) is 4.37. The van der Waals surface area contributed by atoms with E-state index >= 15 is 0 Å². The third-order valence-corrected chi connectivity index (χ3v) is 3.98. The minimum atomic E-state index is -0.178. The van der Waals surface area contributed by atoms with E-state index < -0.39 is 0 Å². The smallest absolute Gasteiger partial charge is 0.283 e. The molecule has 0 fully saturated rings. The topological polar surface area (TPSA) is 78.5 Å². The van der Waals surface area contributed by atoms with Crippen molar-refractivity contribution in [1.29, 1.82) is 0 Å². The summed E-state index contributed by atoms with van der Waals surface area (Å²) >= 11 is 1.45. The molecule has 3 heterocycles. The quantitative estimate of drug-likeness (QED) is 0.686. The lowest BCUT2D eigenvalue weighted by Gasteiger charge is -2.05. The van der Waals surface area contributed by atoms with Crippen molar-refractivity contribution in [2.45, 2.75) is 20.4 Å². The highest BCUT2D eigenvalue weighted by atomic mass is 32.1. The van der Waals surface area contributed by atoms with Gasteiger partial charge in [-0.1, -0.05) is 5.21 Å². The zero-order valence-corrected chi connectivity index (χ0v) is 11.6. The summed E-state index contributed by atoms with van der Waals surface area (Å²) in [6.07, 6.45) is 1.53. The molecule has 0 aliphatic carbocycles. The third kappa shape index (κ3) is 1.84. The summed E-state index contributed by atoms with van der Waals surface area (Å²) in [4.78, 5) is 17.6. The highest BCUT2D eigenvalue weighted by Crippen LogP contribution is 2.17. The van der Waals surface area contributed by atoms with Gasteiger partial charge >= 0.3 is 0 Å². The minimum Gasteiger partial charge on any atom is -0.293 e. The average Bonchev–Trinajstić information content (AvgIpc) is 2.91. The molecule has 0 saturated carbocycles. The zero-order chi connectivity index (χ0) is 13.6. The maximum atomic E-state index is 12.3. The number of nitrogens with zero attached hydrogens (tertiary/aromatic N) is 6. The Kier molecular flexibility index (Phi) is 2.67. The largest absolute Gasteiger partial charge is 0.293 e. The molecule has 98 valence electrons. The van der Waals surface area contributed by atoms with Gasteiger partial charge in [0.05, 0.1) is 12.2 Å². The maximum Gasteiger partial charge on any atom is 0.283 e. The van der Waals surface area contributed by atoms with E-state index in [-0.39, 0.29) is 5.56 Å². The second kappa shape index (κ2) is 4.23. The predicted molar refractivity (Wildman–Crippen MR) is 71.3 cm³/mol. The van der Waals surface area contributed by atoms with Gasteiger partial charge in [0.2, 0.25) is 0 Å². The van der Waals surface area contributed by atoms with Gasteiger partial charge < -0.3 is 0 Å². The summed E-state index contributed by atoms with van der Waals surface area (Å²) in [5.74, 6) is 0. The molecule has 0 aliphatic rings. The monoisotopic (exact) mass is 276 g/mol. The molecule has 0 N–H and O–H groups in total. The van der Waals surface area contributed by atoms with Crippen molar-refractivity contribution in [2.75, 3.05) is 0 Å². The minimum absolute atomic E-state index is 0.178. The molecule has 3 aromatic rings. The molecule has 0 bridgehead atoms. The van der Waals surface area contributed by atoms with E-state index in [1.807, 2.05) is 13.8 Å². The molecular formula is C11H12N6OS. The highest BCUT2D eigenvalue weighted by molar-refractivity contribution is 7.05. The molecule has 3 aromatic heterocycles. The number of hydrogen-bond donors (Lipinski definition) is 0. The Morgan fingerprint density at radius 1 is 1.37 bits per heavy atom. The SMILES string of the molecule is Cc1nsc(C)c1Cn1cnc2c(nnn2C)c1=O. The summed E-state index contributed by atoms with van der Waals surface area (Å²) in [6, 6.07) is 0. The Morgan fingerprint density at radius 3 is 2.84 bits per heavy atom. The maximum absolute atomic E-state index is 12.3. The Morgan fingerprint density at radius 2 is 2.16 bits per heavy atom. The molecule has 0 amide bonds. The predicted octanol–water partition coefficient (Wildman–Crippen LogP) is 0.647. The molecule has 0 saturated heterocycles. The van der Waals surface area contributed by atoms with Crippen LogP contribution in [-0.2, 0) is 13.6 Å². The Hall–Kier alpha value is -2.09. The lowest BCUT2D eigenvalue weighted by molar-refractivity contribution is 0.723. The first-order chi connectivity index (χ1) is 9.08. The van der Waals surface area contributed by atoms with Crippen molar-refractivity contribution in [1.82, 2.24) is 28.9 Å². The van der Waals surface area contributed by atoms with Gasteiger partial charge in [0.25, 0.3) is 5.56 Å². The fraction of sp³-hybridized carbons (Fsp3) is 0.364. The van der Waals surface area contributed by atoms with Crippen LogP contribution in [0.2, 0.25) is 0 Å². The number of rotatable bonds is 2. The summed E-state index contributed by atoms with van der Waals surface area (Å²) in [5, 5.41) is 7.67. The second-order valence-corrected chi connectivity index (χ2v) is 5.34. The molecule has 3 rings (SSSR count). The van der Waals surface area contributed by atoms with Gasteiger partial charge in [0.1, 0.15) is 6.33 Å². The summed E-state index contributed by atoms with van der Waals surface area (Å²) in [7, 11) is 1.71. The molecule has 0 spiro atoms. The van der Waals surface area contributed by atoms with Crippen LogP contribution in [0.25, 0.3) is 11.2 Å². The first-order valence-electron chi connectivity index (χ1n) is 5.74. The third-order valence-electron chi connectivity index (χ3n) is 3.09. The van der Waals surface area contributed by atoms with Gasteiger partial charge in [-0.05, 0) is 25.4 Å². The van der Waals surface area contributed by atoms with Crippen LogP contribution in [0, 0.1) is 13.8 Å². The van der Waals surface area contributed by atoms with Gasteiger partial charge in [-0.3, -0.25) is 9.36 Å². The lowest BCUT2D eigenvalue weighted by Crippen LogP contribution is -2.22. The van der Waals surface area contributed by atoms with Crippen molar-refractivity contribution in [3.63, 3.8) is 0 Å². The zero-order valence-electron chi connectivity index (χ0n) is 10.8. The van der Waals surface area contributed by atoms with Crippen LogP contribution in [0.5, 0.6) is 0 Å². The standard InChI is InChI=1S/C11H12N6OS/c1-6-8(7(2)19-14-6)4-17-5-12-10-9(11(17)18)13-15-16(10)3/h5H,4H2,1-3H3. The first kappa shape index (κ1) is 12.0. The van der Waals surface area contributed by atoms with Crippen LogP contribution in [0.15, 0.2) is 11.1 Å². The van der Waals surface area contributed by atoms with Gasteiger partial charge in [-0.25, -0.2) is 9.67 Å². The molecule has 0 aromatic carbocycles. The van der Waals surface area contributed by atoms with Crippen LogP contribution in [0.3, 0.4) is 0 Å². The van der Waals surface area contributed by atoms with Gasteiger partial charge in [0.15, 0.2) is 11.2 Å². The van der Waals surface area contributed by atoms with Gasteiger partial charge in [-0.2, -0.15) is 4.37 Å². The molecule has 19 heavy (non-hydrogen) atoms. The molecular weight excluding hydrogens is 264 g/mol. The summed E-state index contributed by atoms with van der Waals surface area (Å²) in [6.45, 7) is 4.41. The van der Waals surface area contributed by atoms with E-state index in [2.05, 4.69) is 19.7 Å². The van der Waals surface area contributed by atoms with E-state index in [4.69, 9.17) is 0 Å². The van der Waals surface area contributed by atoms with Crippen LogP contribution < -0.4 is 5.56 Å². The molecule has 7 nitrogen and oxygen atoms in total. The van der Waals surface area contributed by atoms with E-state index in [0.29, 0.717) is 17.7 Å². The van der Waals surface area contributed by atoms with Crippen molar-refractivity contribution in [3.05, 3.63) is 32.8 Å². The average molecular weight is 276 g/mol. The van der Waals surface area contributed by atoms with E-state index in [9.17, 15) is 4.79 Å². The Labute approximate surface area is 112 Å². The van der Waals surface area contributed by atoms with Crippen LogP contribution in [0.4, 0.5) is 0 Å². The number of fused-ring (bicyclic) bond motifs is 1. The molecule has 8 heteroatoms. The Bertz CT molecular complexity index is 795. The van der Waals surface area contributed by atoms with Gasteiger partial charge in [-0.15, -0.1) is 5.10 Å². The number of aryl methyl sites for hydroxylation is 3.